The van der Waals surface area contributed by atoms with Gasteiger partial charge >= 0.3 is 0 Å². The number of nitrogens with zero attached hydrogens (tertiary/aromatic N) is 1. The maximum absolute atomic E-state index is 13.5. The number of carbonyl (C=O) groups excluding carboxylic acids is 2. The molecule has 274 valence electrons. The molecule has 0 unspecified atom stereocenters. The predicted octanol–water partition coefficient (Wildman–Crippen LogP) is 13.8. The molecule has 0 N–H and O–H groups in total. The highest BCUT2D eigenvalue weighted by Gasteiger charge is 2.36. The third-order valence-electron chi connectivity index (χ3n) is 12.2. The maximum atomic E-state index is 13.5. The van der Waals surface area contributed by atoms with Crippen LogP contribution >= 0.6 is 0 Å². The van der Waals surface area contributed by atoms with Gasteiger partial charge in [0.25, 0.3) is 0 Å². The zero-order chi connectivity index (χ0) is 39.2. The van der Waals surface area contributed by atoms with E-state index in [0.29, 0.717) is 11.1 Å². The molecule has 2 aliphatic rings. The van der Waals surface area contributed by atoms with Gasteiger partial charge in [-0.25, -0.2) is 0 Å². The molecule has 0 amide bonds. The van der Waals surface area contributed by atoms with E-state index in [1.807, 2.05) is 42.5 Å². The first-order valence-electron chi connectivity index (χ1n) is 19.7. The second-order valence-corrected chi connectivity index (χ2v) is 16.3. The van der Waals surface area contributed by atoms with Gasteiger partial charge < -0.3 is 4.90 Å². The van der Waals surface area contributed by atoms with Gasteiger partial charge in [0.2, 0.25) is 0 Å². The van der Waals surface area contributed by atoms with E-state index in [4.69, 9.17) is 0 Å². The zero-order valence-corrected chi connectivity index (χ0v) is 32.8. The molecule has 0 fully saturated rings. The van der Waals surface area contributed by atoms with Gasteiger partial charge in [-0.1, -0.05) is 123 Å². The van der Waals surface area contributed by atoms with E-state index in [-0.39, 0.29) is 22.6 Å². The number of hydrogen-bond donors (Lipinski definition) is 0. The predicted molar refractivity (Wildman–Crippen MR) is 236 cm³/mol. The summed E-state index contributed by atoms with van der Waals surface area (Å²) in [6.07, 6.45) is 1.75. The smallest absolute Gasteiger partial charge is 0.197 e. The third kappa shape index (κ3) is 5.57. The van der Waals surface area contributed by atoms with Crippen molar-refractivity contribution >= 4 is 56.2 Å². The first-order chi connectivity index (χ1) is 27.5. The Morgan fingerprint density at radius 1 is 0.474 bits per heavy atom. The average Bonchev–Trinajstić information content (AvgIpc) is 3.58. The summed E-state index contributed by atoms with van der Waals surface area (Å²) in [6, 6.07) is 53.3. The highest BCUT2D eigenvalue weighted by atomic mass is 16.2. The Kier molecular flexibility index (Phi) is 7.81. The number of allylic oxidation sites excluding steroid dienone is 1. The minimum absolute atomic E-state index is 0.0559. The summed E-state index contributed by atoms with van der Waals surface area (Å²) in [4.78, 5) is 29.4. The van der Waals surface area contributed by atoms with Crippen LogP contribution in [0.5, 0.6) is 0 Å². The second kappa shape index (κ2) is 12.9. The molecule has 3 nitrogen and oxygen atoms in total. The summed E-state index contributed by atoms with van der Waals surface area (Å²) in [6.45, 7) is 11.2. The van der Waals surface area contributed by atoms with E-state index in [0.717, 1.165) is 44.2 Å². The van der Waals surface area contributed by atoms with Crippen LogP contribution in [0.25, 0.3) is 49.9 Å². The molecular formula is C54H41NO2. The number of hydrogen-bond acceptors (Lipinski definition) is 3. The lowest BCUT2D eigenvalue weighted by Gasteiger charge is -2.29. The number of rotatable bonds is 5. The highest BCUT2D eigenvalue weighted by molar-refractivity contribution is 6.42. The van der Waals surface area contributed by atoms with Gasteiger partial charge in [-0.05, 0) is 147 Å². The minimum Gasteiger partial charge on any atom is -0.310 e. The molecule has 2 aliphatic carbocycles. The van der Waals surface area contributed by atoms with Gasteiger partial charge in [0.1, 0.15) is 0 Å². The van der Waals surface area contributed by atoms with Crippen molar-refractivity contribution in [2.24, 2.45) is 0 Å². The topological polar surface area (TPSA) is 37.4 Å². The van der Waals surface area contributed by atoms with Crippen LogP contribution in [0.2, 0.25) is 0 Å². The lowest BCUT2D eigenvalue weighted by molar-refractivity contribution is 0.0990. The second-order valence-electron chi connectivity index (χ2n) is 16.3. The van der Waals surface area contributed by atoms with Gasteiger partial charge in [0, 0.05) is 27.9 Å². The number of fused-ring (bicyclic) bond motifs is 6. The Morgan fingerprint density at radius 2 is 1.04 bits per heavy atom. The first kappa shape index (κ1) is 34.6. The van der Waals surface area contributed by atoms with Crippen molar-refractivity contribution in [1.82, 2.24) is 0 Å². The van der Waals surface area contributed by atoms with Crippen LogP contribution in [0, 0.1) is 20.8 Å². The molecule has 0 atom stereocenters. The molecule has 57 heavy (non-hydrogen) atoms. The van der Waals surface area contributed by atoms with E-state index in [9.17, 15) is 9.59 Å². The molecule has 0 radical (unpaired) electrons. The fourth-order valence-corrected chi connectivity index (χ4v) is 9.41. The van der Waals surface area contributed by atoms with Gasteiger partial charge in [0.15, 0.2) is 11.6 Å². The molecule has 0 spiro atoms. The van der Waals surface area contributed by atoms with Crippen molar-refractivity contribution in [3.8, 4) is 22.3 Å². The van der Waals surface area contributed by atoms with Crippen molar-refractivity contribution in [1.29, 1.82) is 0 Å². The summed E-state index contributed by atoms with van der Waals surface area (Å²) in [5.74, 6) is -0.431. The van der Waals surface area contributed by atoms with Gasteiger partial charge in [-0.3, -0.25) is 9.59 Å². The minimum atomic E-state index is -0.215. The van der Waals surface area contributed by atoms with Crippen LogP contribution in [0.15, 0.2) is 157 Å². The number of Topliss-reactive ketones (excluding diaryl/α,β-unsaturated/α-hetero) is 2. The molecule has 0 heterocycles. The molecule has 0 aromatic heterocycles. The summed E-state index contributed by atoms with van der Waals surface area (Å²) >= 11 is 0. The van der Waals surface area contributed by atoms with Crippen LogP contribution < -0.4 is 4.90 Å². The Hall–Kier alpha value is -6.84. The van der Waals surface area contributed by atoms with E-state index < -0.39 is 0 Å². The number of anilines is 3. The Labute approximate surface area is 333 Å². The molecule has 0 bridgehead atoms. The monoisotopic (exact) mass is 735 g/mol. The van der Waals surface area contributed by atoms with E-state index in [1.165, 1.54) is 50.1 Å². The maximum Gasteiger partial charge on any atom is 0.197 e. The van der Waals surface area contributed by atoms with E-state index in [1.54, 1.807) is 6.08 Å². The summed E-state index contributed by atoms with van der Waals surface area (Å²) in [5, 5.41) is 4.01. The van der Waals surface area contributed by atoms with Gasteiger partial charge in [0.05, 0.1) is 11.3 Å². The number of aryl methyl sites for hydroxylation is 3. The van der Waals surface area contributed by atoms with Crippen molar-refractivity contribution in [3.63, 3.8) is 0 Å². The molecular weight excluding hydrogens is 695 g/mol. The van der Waals surface area contributed by atoms with Crippen LogP contribution in [0.3, 0.4) is 0 Å². The third-order valence-corrected chi connectivity index (χ3v) is 12.2. The van der Waals surface area contributed by atoms with E-state index in [2.05, 4.69) is 149 Å². The summed E-state index contributed by atoms with van der Waals surface area (Å²) in [5.41, 5.74) is 16.7. The largest absolute Gasteiger partial charge is 0.310 e. The normalized spacial score (nSPS) is 13.9. The van der Waals surface area contributed by atoms with Crippen molar-refractivity contribution < 1.29 is 9.59 Å². The molecule has 8 aromatic carbocycles. The summed E-state index contributed by atoms with van der Waals surface area (Å²) < 4.78 is 0. The van der Waals surface area contributed by atoms with Crippen LogP contribution in [-0.4, -0.2) is 11.6 Å². The lowest BCUT2D eigenvalue weighted by Crippen LogP contribution is -2.14. The number of ketones is 2. The fraction of sp³-hybridized carbons (Fsp3) is 0.111. The quantitative estimate of drug-likeness (QED) is 0.130. The SMILES string of the molecule is Cc1cc(C)c(N(c2ccc(-c3ccc4c(c3)C(C)(C)c3ccccc3-4)cc2)c2ccc3cc(C=C4C(=O)c5cc6ccccc6cc5C4=O)ccc3c2)c(C)c1. The van der Waals surface area contributed by atoms with Crippen molar-refractivity contribution in [2.45, 2.75) is 40.0 Å². The molecule has 10 rings (SSSR count). The Morgan fingerprint density at radius 3 is 1.74 bits per heavy atom. The van der Waals surface area contributed by atoms with Crippen molar-refractivity contribution in [3.05, 3.63) is 202 Å². The van der Waals surface area contributed by atoms with Crippen LogP contribution in [0.1, 0.15) is 67.9 Å². The van der Waals surface area contributed by atoms with Gasteiger partial charge in [-0.2, -0.15) is 0 Å². The Bertz CT molecular complexity index is 2970. The number of carbonyl (C=O) groups is 2. The van der Waals surface area contributed by atoms with Gasteiger partial charge in [-0.15, -0.1) is 0 Å². The fourth-order valence-electron chi connectivity index (χ4n) is 9.41. The van der Waals surface area contributed by atoms with Crippen LogP contribution in [-0.2, 0) is 5.41 Å². The molecule has 0 saturated heterocycles. The van der Waals surface area contributed by atoms with Crippen LogP contribution in [0.4, 0.5) is 17.1 Å². The highest BCUT2D eigenvalue weighted by Crippen LogP contribution is 2.50. The zero-order valence-electron chi connectivity index (χ0n) is 32.8. The summed E-state index contributed by atoms with van der Waals surface area (Å²) in [7, 11) is 0. The molecule has 8 aromatic rings. The molecule has 0 saturated carbocycles. The average molecular weight is 736 g/mol. The first-order valence-corrected chi connectivity index (χ1v) is 19.7. The number of benzene rings is 8. The molecule has 3 heteroatoms. The Balaban J connectivity index is 1.01. The molecule has 0 aliphatic heterocycles. The van der Waals surface area contributed by atoms with E-state index >= 15 is 0 Å². The van der Waals surface area contributed by atoms with Crippen molar-refractivity contribution in [2.75, 3.05) is 4.90 Å². The lowest BCUT2D eigenvalue weighted by atomic mass is 9.81. The standard InChI is InChI=1S/C54H41NO2/c1-32-24-33(2)51(34(3)25-32)55(42-20-16-36(17-21-42)41-19-23-45-44-12-8-9-13-49(44)54(4,5)50(45)31-41)43-22-18-39-26-35(14-15-40(39)28-43)27-48-52(56)46-29-37-10-6-7-11-38(37)30-47(46)53(48)57/h6-31H,1-5H3.